The first-order valence-corrected chi connectivity index (χ1v) is 5.83. The second kappa shape index (κ2) is 4.52. The standard InChI is InChI=1S/C14H18N2/c1-3-12(2)14(9-5-7-11-16-14)13-8-4-6-10-15-13/h4-12,16H,3H2,1-2H3. The van der Waals surface area contributed by atoms with Crippen LogP contribution in [0.2, 0.25) is 0 Å². The summed E-state index contributed by atoms with van der Waals surface area (Å²) in [7, 11) is 0. The molecule has 0 spiro atoms. The molecule has 0 amide bonds. The largest absolute Gasteiger partial charge is 0.377 e. The minimum Gasteiger partial charge on any atom is -0.377 e. The molecule has 1 aliphatic rings. The number of aromatic nitrogens is 1. The molecule has 2 heterocycles. The molecule has 0 saturated heterocycles. The smallest absolute Gasteiger partial charge is 0.101 e. The molecule has 1 aromatic heterocycles. The summed E-state index contributed by atoms with van der Waals surface area (Å²) < 4.78 is 0. The number of dihydropyridines is 1. The topological polar surface area (TPSA) is 24.9 Å². The molecular formula is C14H18N2. The zero-order valence-electron chi connectivity index (χ0n) is 9.85. The lowest BCUT2D eigenvalue weighted by Gasteiger charge is -2.37. The number of nitrogens with zero attached hydrogens (tertiary/aromatic N) is 1. The van der Waals surface area contributed by atoms with E-state index in [0.717, 1.165) is 12.1 Å². The van der Waals surface area contributed by atoms with Crippen molar-refractivity contribution in [2.24, 2.45) is 5.92 Å². The van der Waals surface area contributed by atoms with Crippen LogP contribution in [-0.4, -0.2) is 4.98 Å². The van der Waals surface area contributed by atoms with E-state index in [1.54, 1.807) is 0 Å². The van der Waals surface area contributed by atoms with Gasteiger partial charge < -0.3 is 5.32 Å². The van der Waals surface area contributed by atoms with Crippen LogP contribution in [0.5, 0.6) is 0 Å². The third kappa shape index (κ3) is 1.75. The van der Waals surface area contributed by atoms with Crippen molar-refractivity contribution >= 4 is 0 Å². The van der Waals surface area contributed by atoms with Crippen LogP contribution in [0.25, 0.3) is 0 Å². The van der Waals surface area contributed by atoms with Gasteiger partial charge in [0.25, 0.3) is 0 Å². The Bertz CT molecular complexity index is 394. The van der Waals surface area contributed by atoms with Crippen LogP contribution in [0.15, 0.2) is 48.8 Å². The molecule has 2 heteroatoms. The third-order valence-electron chi connectivity index (χ3n) is 3.37. The second-order valence-electron chi connectivity index (χ2n) is 4.26. The van der Waals surface area contributed by atoms with E-state index in [1.807, 2.05) is 30.6 Å². The van der Waals surface area contributed by atoms with Crippen molar-refractivity contribution in [1.82, 2.24) is 10.3 Å². The minimum atomic E-state index is -0.148. The molecule has 16 heavy (non-hydrogen) atoms. The molecule has 0 bridgehead atoms. The van der Waals surface area contributed by atoms with Crippen LogP contribution >= 0.6 is 0 Å². The highest BCUT2D eigenvalue weighted by molar-refractivity contribution is 5.30. The van der Waals surface area contributed by atoms with Crippen molar-refractivity contribution in [3.63, 3.8) is 0 Å². The first-order valence-electron chi connectivity index (χ1n) is 5.83. The van der Waals surface area contributed by atoms with E-state index in [0.29, 0.717) is 5.92 Å². The second-order valence-corrected chi connectivity index (χ2v) is 4.26. The Kier molecular flexibility index (Phi) is 3.09. The van der Waals surface area contributed by atoms with Gasteiger partial charge in [-0.2, -0.15) is 0 Å². The Morgan fingerprint density at radius 2 is 2.25 bits per heavy atom. The van der Waals surface area contributed by atoms with Crippen LogP contribution in [0, 0.1) is 5.92 Å². The van der Waals surface area contributed by atoms with Crippen molar-refractivity contribution in [2.45, 2.75) is 25.8 Å². The number of pyridine rings is 1. The van der Waals surface area contributed by atoms with Gasteiger partial charge in [-0.15, -0.1) is 0 Å². The third-order valence-corrected chi connectivity index (χ3v) is 3.37. The fraction of sp³-hybridized carbons (Fsp3) is 0.357. The molecule has 0 saturated carbocycles. The lowest BCUT2D eigenvalue weighted by molar-refractivity contribution is 0.301. The first-order chi connectivity index (χ1) is 7.79. The molecule has 1 N–H and O–H groups in total. The predicted octanol–water partition coefficient (Wildman–Crippen LogP) is 3.00. The molecule has 2 rings (SSSR count). The van der Waals surface area contributed by atoms with Crippen LogP contribution in [0.3, 0.4) is 0 Å². The molecule has 2 unspecified atom stereocenters. The lowest BCUT2D eigenvalue weighted by Crippen LogP contribution is -2.44. The predicted molar refractivity (Wildman–Crippen MR) is 66.8 cm³/mol. The number of allylic oxidation sites excluding steroid dienone is 2. The number of rotatable bonds is 3. The summed E-state index contributed by atoms with van der Waals surface area (Å²) in [6.45, 7) is 4.47. The van der Waals surface area contributed by atoms with Crippen LogP contribution in [-0.2, 0) is 5.54 Å². The molecule has 84 valence electrons. The van der Waals surface area contributed by atoms with E-state index in [-0.39, 0.29) is 5.54 Å². The van der Waals surface area contributed by atoms with Gasteiger partial charge in [0.2, 0.25) is 0 Å². The van der Waals surface area contributed by atoms with Crippen molar-refractivity contribution < 1.29 is 0 Å². The first kappa shape index (κ1) is 10.9. The average Bonchev–Trinajstić information content (AvgIpc) is 2.39. The highest BCUT2D eigenvalue weighted by Crippen LogP contribution is 2.33. The van der Waals surface area contributed by atoms with Crippen LogP contribution in [0.1, 0.15) is 26.0 Å². The van der Waals surface area contributed by atoms with Gasteiger partial charge in [0.05, 0.1) is 5.69 Å². The van der Waals surface area contributed by atoms with Gasteiger partial charge in [-0.05, 0) is 30.3 Å². The molecule has 0 radical (unpaired) electrons. The molecule has 2 atom stereocenters. The van der Waals surface area contributed by atoms with Crippen molar-refractivity contribution in [3.8, 4) is 0 Å². The van der Waals surface area contributed by atoms with Gasteiger partial charge in [0.1, 0.15) is 5.54 Å². The van der Waals surface area contributed by atoms with E-state index in [9.17, 15) is 0 Å². The Morgan fingerprint density at radius 1 is 1.38 bits per heavy atom. The van der Waals surface area contributed by atoms with E-state index in [4.69, 9.17) is 0 Å². The summed E-state index contributed by atoms with van der Waals surface area (Å²) in [5.41, 5.74) is 0.940. The van der Waals surface area contributed by atoms with E-state index in [2.05, 4.69) is 42.4 Å². The van der Waals surface area contributed by atoms with Crippen LogP contribution in [0.4, 0.5) is 0 Å². The summed E-state index contributed by atoms with van der Waals surface area (Å²) in [5, 5.41) is 3.47. The quantitative estimate of drug-likeness (QED) is 0.836. The summed E-state index contributed by atoms with van der Waals surface area (Å²) in [6, 6.07) is 6.08. The lowest BCUT2D eigenvalue weighted by atomic mass is 9.79. The number of hydrogen-bond acceptors (Lipinski definition) is 2. The maximum absolute atomic E-state index is 4.50. The molecule has 0 aliphatic carbocycles. The molecule has 0 fully saturated rings. The molecule has 1 aromatic rings. The van der Waals surface area contributed by atoms with Gasteiger partial charge in [-0.3, -0.25) is 4.98 Å². The van der Waals surface area contributed by atoms with E-state index in [1.165, 1.54) is 0 Å². The Hall–Kier alpha value is -1.57. The fourth-order valence-electron chi connectivity index (χ4n) is 2.14. The Morgan fingerprint density at radius 3 is 2.81 bits per heavy atom. The number of nitrogens with one attached hydrogen (secondary N) is 1. The summed E-state index contributed by atoms with van der Waals surface area (Å²) >= 11 is 0. The van der Waals surface area contributed by atoms with Crippen molar-refractivity contribution in [3.05, 3.63) is 54.5 Å². The molecule has 2 nitrogen and oxygen atoms in total. The molecule has 0 aromatic carbocycles. The van der Waals surface area contributed by atoms with Gasteiger partial charge in [0, 0.05) is 6.20 Å². The summed E-state index contributed by atoms with van der Waals surface area (Å²) in [5.74, 6) is 0.503. The fourth-order valence-corrected chi connectivity index (χ4v) is 2.14. The van der Waals surface area contributed by atoms with E-state index >= 15 is 0 Å². The zero-order valence-corrected chi connectivity index (χ0v) is 9.85. The number of hydrogen-bond donors (Lipinski definition) is 1. The highest BCUT2D eigenvalue weighted by Gasteiger charge is 2.35. The normalized spacial score (nSPS) is 25.1. The SMILES string of the molecule is CCC(C)C1(c2ccccn2)C=CC=CN1. The summed E-state index contributed by atoms with van der Waals surface area (Å²) in [4.78, 5) is 4.50. The van der Waals surface area contributed by atoms with Gasteiger partial charge in [-0.1, -0.05) is 38.5 Å². The van der Waals surface area contributed by atoms with Gasteiger partial charge >= 0.3 is 0 Å². The molecular weight excluding hydrogens is 196 g/mol. The zero-order chi connectivity index (χ0) is 11.4. The monoisotopic (exact) mass is 214 g/mol. The maximum atomic E-state index is 4.50. The van der Waals surface area contributed by atoms with E-state index < -0.39 is 0 Å². The maximum Gasteiger partial charge on any atom is 0.101 e. The van der Waals surface area contributed by atoms with Crippen LogP contribution < -0.4 is 5.32 Å². The van der Waals surface area contributed by atoms with Gasteiger partial charge in [-0.25, -0.2) is 0 Å². The Balaban J connectivity index is 2.43. The van der Waals surface area contributed by atoms with Crippen molar-refractivity contribution in [1.29, 1.82) is 0 Å². The molecule has 1 aliphatic heterocycles. The Labute approximate surface area is 97.1 Å². The minimum absolute atomic E-state index is 0.148. The highest BCUT2D eigenvalue weighted by atomic mass is 15.0. The van der Waals surface area contributed by atoms with Crippen molar-refractivity contribution in [2.75, 3.05) is 0 Å². The summed E-state index contributed by atoms with van der Waals surface area (Å²) in [6.07, 6.45) is 11.3. The average molecular weight is 214 g/mol. The van der Waals surface area contributed by atoms with Gasteiger partial charge in [0.15, 0.2) is 0 Å².